The second-order valence-corrected chi connectivity index (χ2v) is 30.9. The van der Waals surface area contributed by atoms with Crippen molar-refractivity contribution in [1.29, 1.82) is 0 Å². The van der Waals surface area contributed by atoms with Gasteiger partial charge in [-0.15, -0.1) is 0 Å². The summed E-state index contributed by atoms with van der Waals surface area (Å²) in [5.74, 6) is 1.85. The summed E-state index contributed by atoms with van der Waals surface area (Å²) in [6, 6.07) is 55.1. The van der Waals surface area contributed by atoms with Crippen molar-refractivity contribution in [2.75, 3.05) is 18.7 Å². The summed E-state index contributed by atoms with van der Waals surface area (Å²) in [6.45, 7) is 14.2. The molecule has 2 atom stereocenters. The Labute approximate surface area is 389 Å². The maximum atomic E-state index is 6.25. The Morgan fingerprint density at radius 3 is 1.38 bits per heavy atom. The molecule has 340 valence electrons. The van der Waals surface area contributed by atoms with E-state index >= 15 is 0 Å². The Morgan fingerprint density at radius 2 is 0.873 bits per heavy atom. The zero-order valence-corrected chi connectivity index (χ0v) is 44.4. The molecule has 0 spiro atoms. The largest absolute Gasteiger partial charge is 0.496 e. The highest BCUT2D eigenvalue weighted by molar-refractivity contribution is 7.83. The van der Waals surface area contributed by atoms with Gasteiger partial charge < -0.3 is 13.9 Å². The number of nitrogens with zero attached hydrogens (tertiary/aromatic N) is 1. The molecule has 0 radical (unpaired) electrons. The summed E-state index contributed by atoms with van der Waals surface area (Å²) < 4.78 is 15.2. The number of methoxy groups -OCH3 is 2. The quantitative estimate of drug-likeness (QED) is 0.0352. The van der Waals surface area contributed by atoms with Crippen molar-refractivity contribution in [2.24, 2.45) is 0 Å². The van der Waals surface area contributed by atoms with Crippen molar-refractivity contribution in [2.45, 2.75) is 155 Å². The predicted molar refractivity (Wildman–Crippen MR) is 290 cm³/mol. The first-order valence-corrected chi connectivity index (χ1v) is 32.3. The summed E-state index contributed by atoms with van der Waals surface area (Å²) in [5.41, 5.74) is 3.65. The predicted octanol–water partition coefficient (Wildman–Crippen LogP) is 15.3. The minimum absolute atomic E-state index is 0.345. The van der Waals surface area contributed by atoms with Gasteiger partial charge in [0, 0.05) is 30.2 Å². The number of anilines is 1. The first kappa shape index (κ1) is 50.8. The Kier molecular flexibility index (Phi) is 21.5. The van der Waals surface area contributed by atoms with Crippen LogP contribution in [0, 0.1) is 0 Å². The SMILES string of the molecule is CCCC[Si](CCCC)(CCCC)c1ccc(P(c2ccccc2)N(Pc2ccc([Si](CCCC)(CCCC)CCCC)cc2-c2ccccc2OC)c2ccccc2OC)cc1. The molecule has 0 fully saturated rings. The molecule has 3 nitrogen and oxygen atoms in total. The Morgan fingerprint density at radius 1 is 0.444 bits per heavy atom. The van der Waals surface area contributed by atoms with Crippen LogP contribution in [-0.2, 0) is 0 Å². The van der Waals surface area contributed by atoms with Gasteiger partial charge >= 0.3 is 0 Å². The van der Waals surface area contributed by atoms with Gasteiger partial charge in [0.2, 0.25) is 0 Å². The zero-order chi connectivity index (χ0) is 44.9. The van der Waals surface area contributed by atoms with Gasteiger partial charge in [-0.25, -0.2) is 0 Å². The van der Waals surface area contributed by atoms with Crippen LogP contribution in [0.2, 0.25) is 36.3 Å². The van der Waals surface area contributed by atoms with Gasteiger partial charge in [0.1, 0.15) is 11.5 Å². The van der Waals surface area contributed by atoms with Crippen molar-refractivity contribution >= 4 is 64.9 Å². The molecule has 5 rings (SSSR count). The zero-order valence-electron chi connectivity index (χ0n) is 40.5. The molecular formula is C56H81NO2P2Si2. The first-order chi connectivity index (χ1) is 30.9. The lowest BCUT2D eigenvalue weighted by molar-refractivity contribution is 0.416. The maximum Gasteiger partial charge on any atom is 0.142 e. The number of unbranched alkanes of at least 4 members (excludes halogenated alkanes) is 6. The Bertz CT molecular complexity index is 2020. The fraction of sp³-hybridized carbons (Fsp3) is 0.464. The minimum Gasteiger partial charge on any atom is -0.496 e. The van der Waals surface area contributed by atoms with Crippen molar-refractivity contribution in [3.63, 3.8) is 0 Å². The third-order valence-electron chi connectivity index (χ3n) is 13.5. The van der Waals surface area contributed by atoms with Gasteiger partial charge in [-0.3, -0.25) is 0 Å². The van der Waals surface area contributed by atoms with E-state index in [1.54, 1.807) is 10.4 Å². The lowest BCUT2D eigenvalue weighted by Crippen LogP contribution is -2.48. The highest BCUT2D eigenvalue weighted by atomic mass is 31.2. The van der Waals surface area contributed by atoms with E-state index in [4.69, 9.17) is 9.47 Å². The highest BCUT2D eigenvalue weighted by Crippen LogP contribution is 2.53. The van der Waals surface area contributed by atoms with Crippen molar-refractivity contribution in [3.05, 3.63) is 121 Å². The van der Waals surface area contributed by atoms with Crippen molar-refractivity contribution < 1.29 is 9.47 Å². The first-order valence-electron chi connectivity index (χ1n) is 24.8. The lowest BCUT2D eigenvalue weighted by Gasteiger charge is -2.37. The van der Waals surface area contributed by atoms with Crippen LogP contribution >= 0.6 is 16.8 Å². The van der Waals surface area contributed by atoms with Crippen LogP contribution < -0.4 is 40.2 Å². The summed E-state index contributed by atoms with van der Waals surface area (Å²) in [4.78, 5) is 0. The molecule has 0 heterocycles. The molecule has 0 aliphatic heterocycles. The van der Waals surface area contributed by atoms with E-state index in [-0.39, 0.29) is 0 Å². The molecule has 2 unspecified atom stereocenters. The maximum absolute atomic E-state index is 6.25. The summed E-state index contributed by atoms with van der Waals surface area (Å²) in [5, 5.41) is 7.41. The standard InChI is InChI=1S/C56H81NO2P2Si2/c1-9-15-40-62(41-16-10-2,42-17-11-3)49-36-34-48(35-37-49)61(47-28-22-21-23-29-47)57(53-31-25-27-33-55(53)59-8)60-56-39-38-50(46-52(56)51-30-24-26-32-54(51)58-7)63(43-18-12-4,44-19-13-5)45-20-14-6/h21-39,46,60H,9-20,40-45H2,1-8H3. The van der Waals surface area contributed by atoms with E-state index in [0.717, 1.165) is 17.2 Å². The molecular weight excluding hydrogens is 837 g/mol. The average molecular weight is 918 g/mol. The number of ether oxygens (including phenoxy) is 2. The molecule has 0 amide bonds. The molecule has 0 aromatic heterocycles. The van der Waals surface area contributed by atoms with E-state index < -0.39 is 24.2 Å². The molecule has 7 heteroatoms. The van der Waals surface area contributed by atoms with E-state index in [2.05, 4.69) is 167 Å². The molecule has 0 aliphatic rings. The fourth-order valence-electron chi connectivity index (χ4n) is 9.81. The van der Waals surface area contributed by atoms with Crippen LogP contribution in [0.4, 0.5) is 5.69 Å². The molecule has 0 saturated heterocycles. The lowest BCUT2D eigenvalue weighted by atomic mass is 10.0. The molecule has 5 aromatic carbocycles. The molecule has 5 aromatic rings. The number of hydrogen-bond acceptors (Lipinski definition) is 3. The van der Waals surface area contributed by atoms with Gasteiger partial charge in [0.05, 0.1) is 44.1 Å². The van der Waals surface area contributed by atoms with E-state index in [1.165, 1.54) is 140 Å². The van der Waals surface area contributed by atoms with Crippen LogP contribution in [0.1, 0.15) is 119 Å². The Balaban J connectivity index is 1.76. The van der Waals surface area contributed by atoms with Gasteiger partial charge in [-0.1, -0.05) is 268 Å². The van der Waals surface area contributed by atoms with Crippen LogP contribution in [0.25, 0.3) is 11.1 Å². The highest BCUT2D eigenvalue weighted by Gasteiger charge is 2.36. The normalized spacial score (nSPS) is 12.5. The molecule has 63 heavy (non-hydrogen) atoms. The number of rotatable bonds is 29. The van der Waals surface area contributed by atoms with Gasteiger partial charge in [0.25, 0.3) is 0 Å². The van der Waals surface area contributed by atoms with Gasteiger partial charge in [-0.2, -0.15) is 0 Å². The average Bonchev–Trinajstić information content (AvgIpc) is 3.34. The molecule has 0 saturated carbocycles. The number of para-hydroxylation sites is 3. The third kappa shape index (κ3) is 13.2. The van der Waals surface area contributed by atoms with Crippen LogP contribution in [-0.4, -0.2) is 30.4 Å². The number of hydrogen-bond donors (Lipinski definition) is 0. The van der Waals surface area contributed by atoms with Crippen LogP contribution in [0.3, 0.4) is 0 Å². The Hall–Kier alpha value is -3.21. The smallest absolute Gasteiger partial charge is 0.142 e. The topological polar surface area (TPSA) is 21.7 Å². The van der Waals surface area contributed by atoms with E-state index in [9.17, 15) is 0 Å². The molecule has 0 aliphatic carbocycles. The molecule has 0 N–H and O–H groups in total. The summed E-state index contributed by atoms with van der Waals surface area (Å²) >= 11 is 0. The van der Waals surface area contributed by atoms with Gasteiger partial charge in [-0.05, 0) is 23.8 Å². The third-order valence-corrected chi connectivity index (χ3v) is 28.7. The van der Waals surface area contributed by atoms with Crippen molar-refractivity contribution in [1.82, 2.24) is 0 Å². The van der Waals surface area contributed by atoms with E-state index in [0.29, 0.717) is 8.73 Å². The van der Waals surface area contributed by atoms with Crippen LogP contribution in [0.15, 0.2) is 121 Å². The van der Waals surface area contributed by atoms with E-state index in [1.807, 2.05) is 14.2 Å². The van der Waals surface area contributed by atoms with Crippen LogP contribution in [0.5, 0.6) is 11.5 Å². The monoisotopic (exact) mass is 918 g/mol. The van der Waals surface area contributed by atoms with Gasteiger partial charge in [0.15, 0.2) is 0 Å². The number of benzene rings is 5. The second kappa shape index (κ2) is 26.7. The van der Waals surface area contributed by atoms with Crippen molar-refractivity contribution in [3.8, 4) is 22.6 Å². The summed E-state index contributed by atoms with van der Waals surface area (Å²) in [7, 11) is -0.480. The second-order valence-electron chi connectivity index (χ2n) is 17.9. The summed E-state index contributed by atoms with van der Waals surface area (Å²) in [6.07, 6.45) is 15.5. The fourth-order valence-corrected chi connectivity index (χ4v) is 25.4. The molecule has 0 bridgehead atoms. The minimum atomic E-state index is -1.81.